The lowest BCUT2D eigenvalue weighted by molar-refractivity contribution is 0.256. The first-order chi connectivity index (χ1) is 11.0. The van der Waals surface area contributed by atoms with E-state index in [0.29, 0.717) is 5.69 Å². The van der Waals surface area contributed by atoms with E-state index in [0.717, 1.165) is 16.5 Å². The normalized spacial score (nSPS) is 11.3. The lowest BCUT2D eigenvalue weighted by Crippen LogP contribution is -2.34. The highest BCUT2D eigenvalue weighted by atomic mass is 32.2. The van der Waals surface area contributed by atoms with Crippen LogP contribution in [-0.2, 0) is 10.0 Å². The Kier molecular flexibility index (Phi) is 3.79. The van der Waals surface area contributed by atoms with Crippen LogP contribution in [0.3, 0.4) is 0 Å². The van der Waals surface area contributed by atoms with Crippen LogP contribution in [0, 0.1) is 6.92 Å². The summed E-state index contributed by atoms with van der Waals surface area (Å²) in [6.07, 6.45) is 1.75. The van der Waals surface area contributed by atoms with Gasteiger partial charge in [-0.3, -0.25) is 0 Å². The Balaban J connectivity index is 1.79. The molecule has 0 radical (unpaired) electrons. The van der Waals surface area contributed by atoms with Crippen molar-refractivity contribution in [3.8, 4) is 0 Å². The molecule has 0 aliphatic rings. The second-order valence-corrected chi connectivity index (χ2v) is 6.80. The summed E-state index contributed by atoms with van der Waals surface area (Å²) in [7, 11) is -3.91. The summed E-state index contributed by atoms with van der Waals surface area (Å²) >= 11 is 0. The van der Waals surface area contributed by atoms with Crippen molar-refractivity contribution in [2.24, 2.45) is 0 Å². The van der Waals surface area contributed by atoms with Gasteiger partial charge in [-0.25, -0.2) is 17.9 Å². The number of carbonyl (C=O) groups is 1. The van der Waals surface area contributed by atoms with E-state index < -0.39 is 16.1 Å². The molecule has 0 aliphatic carbocycles. The molecule has 3 aromatic rings. The van der Waals surface area contributed by atoms with Crippen molar-refractivity contribution >= 4 is 32.6 Å². The Labute approximate surface area is 133 Å². The maximum Gasteiger partial charge on any atom is 0.333 e. The van der Waals surface area contributed by atoms with E-state index in [9.17, 15) is 13.2 Å². The first kappa shape index (κ1) is 15.1. The first-order valence-corrected chi connectivity index (χ1v) is 8.40. The van der Waals surface area contributed by atoms with Crippen LogP contribution in [0.1, 0.15) is 5.56 Å². The van der Waals surface area contributed by atoms with Gasteiger partial charge in [-0.15, -0.1) is 0 Å². The molecular formula is C16H15N3O3S. The minimum Gasteiger partial charge on any atom is -0.359 e. The highest BCUT2D eigenvalue weighted by Gasteiger charge is 2.18. The number of amides is 2. The van der Waals surface area contributed by atoms with Crippen molar-refractivity contribution in [2.75, 3.05) is 5.32 Å². The summed E-state index contributed by atoms with van der Waals surface area (Å²) < 4.78 is 26.4. The average molecular weight is 329 g/mol. The van der Waals surface area contributed by atoms with Crippen LogP contribution < -0.4 is 10.0 Å². The number of aromatic nitrogens is 1. The van der Waals surface area contributed by atoms with Gasteiger partial charge in [0.25, 0.3) is 10.0 Å². The van der Waals surface area contributed by atoms with Gasteiger partial charge in [-0.05, 0) is 31.2 Å². The second kappa shape index (κ2) is 5.77. The number of urea groups is 1. The van der Waals surface area contributed by atoms with E-state index in [-0.39, 0.29) is 4.90 Å². The summed E-state index contributed by atoms with van der Waals surface area (Å²) in [6, 6.07) is 12.7. The number of aromatic amines is 1. The van der Waals surface area contributed by atoms with Gasteiger partial charge >= 0.3 is 6.03 Å². The second-order valence-electron chi connectivity index (χ2n) is 5.12. The number of sulfonamides is 1. The summed E-state index contributed by atoms with van der Waals surface area (Å²) in [5.74, 6) is 0. The highest BCUT2D eigenvalue weighted by molar-refractivity contribution is 7.90. The number of aryl methyl sites for hydroxylation is 1. The van der Waals surface area contributed by atoms with Crippen molar-refractivity contribution in [1.82, 2.24) is 9.71 Å². The lowest BCUT2D eigenvalue weighted by Gasteiger charge is -2.09. The zero-order valence-corrected chi connectivity index (χ0v) is 13.1. The van der Waals surface area contributed by atoms with Gasteiger partial charge in [0, 0.05) is 11.6 Å². The Hall–Kier alpha value is -2.80. The number of anilines is 1. The maximum absolute atomic E-state index is 12.2. The monoisotopic (exact) mass is 329 g/mol. The number of hydrogen-bond acceptors (Lipinski definition) is 3. The molecule has 1 aromatic heterocycles. The molecule has 7 heteroatoms. The Morgan fingerprint density at radius 3 is 2.52 bits per heavy atom. The van der Waals surface area contributed by atoms with Gasteiger partial charge < -0.3 is 10.3 Å². The largest absolute Gasteiger partial charge is 0.359 e. The summed E-state index contributed by atoms with van der Waals surface area (Å²) in [6.45, 7) is 1.85. The number of fused-ring (bicyclic) bond motifs is 1. The molecule has 118 valence electrons. The molecule has 6 nitrogen and oxygen atoms in total. The van der Waals surface area contributed by atoms with Crippen LogP contribution in [0.15, 0.2) is 59.6 Å². The topological polar surface area (TPSA) is 91.1 Å². The van der Waals surface area contributed by atoms with Crippen LogP contribution in [-0.4, -0.2) is 19.4 Å². The van der Waals surface area contributed by atoms with Crippen LogP contribution in [0.5, 0.6) is 0 Å². The maximum atomic E-state index is 12.2. The number of nitrogens with one attached hydrogen (secondary N) is 3. The number of rotatable bonds is 3. The summed E-state index contributed by atoms with van der Waals surface area (Å²) in [5.41, 5.74) is 2.17. The van der Waals surface area contributed by atoms with Crippen molar-refractivity contribution in [1.29, 1.82) is 0 Å². The molecule has 1 heterocycles. The minimum absolute atomic E-state index is 0.0383. The van der Waals surface area contributed by atoms with E-state index in [4.69, 9.17) is 0 Å². The highest BCUT2D eigenvalue weighted by Crippen LogP contribution is 2.21. The third kappa shape index (κ3) is 3.19. The predicted octanol–water partition coefficient (Wildman–Crippen LogP) is 2.99. The zero-order valence-electron chi connectivity index (χ0n) is 12.3. The van der Waals surface area contributed by atoms with Gasteiger partial charge in [-0.1, -0.05) is 29.8 Å². The van der Waals surface area contributed by atoms with Crippen LogP contribution in [0.2, 0.25) is 0 Å². The molecule has 0 atom stereocenters. The first-order valence-electron chi connectivity index (χ1n) is 6.92. The van der Waals surface area contributed by atoms with Crippen LogP contribution in [0.25, 0.3) is 10.9 Å². The van der Waals surface area contributed by atoms with Gasteiger partial charge in [0.1, 0.15) is 0 Å². The van der Waals surface area contributed by atoms with E-state index in [1.165, 1.54) is 12.1 Å². The number of carbonyl (C=O) groups excluding carboxylic acids is 1. The van der Waals surface area contributed by atoms with E-state index in [1.54, 1.807) is 30.5 Å². The fourth-order valence-corrected chi connectivity index (χ4v) is 3.14. The third-order valence-corrected chi connectivity index (χ3v) is 4.74. The van der Waals surface area contributed by atoms with Crippen LogP contribution in [0.4, 0.5) is 10.5 Å². The van der Waals surface area contributed by atoms with Gasteiger partial charge in [-0.2, -0.15) is 0 Å². The quantitative estimate of drug-likeness (QED) is 0.690. The zero-order chi connectivity index (χ0) is 16.4. The smallest absolute Gasteiger partial charge is 0.333 e. The molecule has 0 bridgehead atoms. The fourth-order valence-electron chi connectivity index (χ4n) is 2.24. The van der Waals surface area contributed by atoms with Crippen molar-refractivity contribution in [3.05, 3.63) is 60.3 Å². The Morgan fingerprint density at radius 1 is 1.04 bits per heavy atom. The Bertz CT molecular complexity index is 960. The molecule has 2 amide bonds. The molecule has 3 N–H and O–H groups in total. The van der Waals surface area contributed by atoms with E-state index in [1.807, 2.05) is 23.8 Å². The summed E-state index contributed by atoms with van der Waals surface area (Å²) in [4.78, 5) is 15.1. The molecule has 3 rings (SSSR count). The number of hydrogen-bond donors (Lipinski definition) is 3. The molecule has 0 fully saturated rings. The minimum atomic E-state index is -3.91. The number of H-pyrrole nitrogens is 1. The lowest BCUT2D eigenvalue weighted by atomic mass is 10.2. The van der Waals surface area contributed by atoms with Crippen LogP contribution >= 0.6 is 0 Å². The third-order valence-electron chi connectivity index (χ3n) is 3.39. The molecular weight excluding hydrogens is 314 g/mol. The molecule has 0 spiro atoms. The standard InChI is InChI=1S/C16H15N3O3S/c1-11-5-7-13(8-6-11)23(21,22)19-16(20)18-14-4-2-3-12-9-10-17-15(12)14/h2-10,17H,1H3,(H2,18,19,20). The number of benzene rings is 2. The predicted molar refractivity (Wildman–Crippen MR) is 88.8 cm³/mol. The van der Waals surface area contributed by atoms with Gasteiger partial charge in [0.15, 0.2) is 0 Å². The molecule has 23 heavy (non-hydrogen) atoms. The van der Waals surface area contributed by atoms with Crippen molar-refractivity contribution < 1.29 is 13.2 Å². The van der Waals surface area contributed by atoms with E-state index >= 15 is 0 Å². The fraction of sp³-hybridized carbons (Fsp3) is 0.0625. The SMILES string of the molecule is Cc1ccc(S(=O)(=O)NC(=O)Nc2cccc3cc[nH]c23)cc1. The molecule has 0 unspecified atom stereocenters. The molecule has 0 saturated carbocycles. The summed E-state index contributed by atoms with van der Waals surface area (Å²) in [5, 5.41) is 3.47. The van der Waals surface area contributed by atoms with Crippen molar-refractivity contribution in [2.45, 2.75) is 11.8 Å². The number of para-hydroxylation sites is 1. The molecule has 0 saturated heterocycles. The molecule has 2 aromatic carbocycles. The van der Waals surface area contributed by atoms with Gasteiger partial charge in [0.05, 0.1) is 16.1 Å². The van der Waals surface area contributed by atoms with E-state index in [2.05, 4.69) is 10.3 Å². The van der Waals surface area contributed by atoms with Gasteiger partial charge in [0.2, 0.25) is 0 Å². The average Bonchev–Trinajstić information content (AvgIpc) is 2.96. The van der Waals surface area contributed by atoms with Crippen molar-refractivity contribution in [3.63, 3.8) is 0 Å². The molecule has 0 aliphatic heterocycles. The Morgan fingerprint density at radius 2 is 1.78 bits per heavy atom.